The summed E-state index contributed by atoms with van der Waals surface area (Å²) < 4.78 is 21.3. The smallest absolute Gasteiger partial charge is 0.308 e. The van der Waals surface area contributed by atoms with Gasteiger partial charge in [0, 0.05) is 26.8 Å². The van der Waals surface area contributed by atoms with E-state index in [-0.39, 0.29) is 11.4 Å². The average Bonchev–Trinajstić information content (AvgIpc) is 3.31. The predicted octanol–water partition coefficient (Wildman–Crippen LogP) is 0.877. The standard InChI is InChI=1S/C21H19NO9/c1-10(23)28-14-6-4-5-13(9-14)22-18(26)16-15-7-8-21(31-15,17(16)19(22)27)20(29-11(2)24)30-12(3)25/h4-9,15-17,20H,1-3H3/t15-,16-,17+,21-/m1/s1. The van der Waals surface area contributed by atoms with E-state index in [1.807, 2.05) is 0 Å². The summed E-state index contributed by atoms with van der Waals surface area (Å²) in [5.41, 5.74) is -1.41. The summed E-state index contributed by atoms with van der Waals surface area (Å²) in [4.78, 5) is 62.1. The van der Waals surface area contributed by atoms with Gasteiger partial charge < -0.3 is 18.9 Å². The largest absolute Gasteiger partial charge is 0.427 e. The van der Waals surface area contributed by atoms with Crippen molar-refractivity contribution in [2.45, 2.75) is 38.8 Å². The molecule has 0 unspecified atom stereocenters. The van der Waals surface area contributed by atoms with E-state index in [1.165, 1.54) is 31.2 Å². The van der Waals surface area contributed by atoms with Crippen LogP contribution in [0.4, 0.5) is 5.69 Å². The highest BCUT2D eigenvalue weighted by molar-refractivity contribution is 6.23. The molecule has 3 aliphatic heterocycles. The molecule has 1 aromatic carbocycles. The van der Waals surface area contributed by atoms with Gasteiger partial charge in [-0.05, 0) is 18.2 Å². The van der Waals surface area contributed by atoms with Crippen LogP contribution in [0.25, 0.3) is 0 Å². The molecule has 3 heterocycles. The summed E-state index contributed by atoms with van der Waals surface area (Å²) in [6.07, 6.45) is 0.796. The van der Waals surface area contributed by atoms with E-state index in [9.17, 15) is 24.0 Å². The molecule has 0 radical (unpaired) electrons. The fraction of sp³-hybridized carbons (Fsp3) is 0.381. The number of esters is 3. The monoisotopic (exact) mass is 429 g/mol. The summed E-state index contributed by atoms with van der Waals surface area (Å²) in [5.74, 6) is -4.94. The molecule has 2 saturated heterocycles. The van der Waals surface area contributed by atoms with Crippen LogP contribution in [0.5, 0.6) is 5.75 Å². The van der Waals surface area contributed by atoms with E-state index in [4.69, 9.17) is 18.9 Å². The highest BCUT2D eigenvalue weighted by atomic mass is 16.7. The van der Waals surface area contributed by atoms with E-state index < -0.39 is 59.6 Å². The number of hydrogen-bond acceptors (Lipinski definition) is 9. The zero-order valence-corrected chi connectivity index (χ0v) is 16.9. The van der Waals surface area contributed by atoms with Gasteiger partial charge in [-0.15, -0.1) is 0 Å². The second kappa shape index (κ2) is 7.31. The lowest BCUT2D eigenvalue weighted by Gasteiger charge is -2.34. The van der Waals surface area contributed by atoms with Crippen LogP contribution >= 0.6 is 0 Å². The Bertz CT molecular complexity index is 1020. The quantitative estimate of drug-likeness (QED) is 0.220. The molecule has 0 aliphatic carbocycles. The number of fused-ring (bicyclic) bond motifs is 5. The van der Waals surface area contributed by atoms with E-state index in [1.54, 1.807) is 12.1 Å². The molecule has 31 heavy (non-hydrogen) atoms. The number of carbonyl (C=O) groups excluding carboxylic acids is 5. The molecule has 0 saturated carbocycles. The van der Waals surface area contributed by atoms with E-state index in [0.717, 1.165) is 18.7 Å². The maximum absolute atomic E-state index is 13.4. The molecule has 0 spiro atoms. The first-order chi connectivity index (χ1) is 14.6. The van der Waals surface area contributed by atoms with Crippen molar-refractivity contribution in [2.75, 3.05) is 4.90 Å². The topological polar surface area (TPSA) is 126 Å². The molecular weight excluding hydrogens is 410 g/mol. The number of rotatable bonds is 5. The van der Waals surface area contributed by atoms with Crippen molar-refractivity contribution >= 4 is 35.4 Å². The molecule has 3 aliphatic rings. The third-order valence-electron chi connectivity index (χ3n) is 5.33. The van der Waals surface area contributed by atoms with Gasteiger partial charge in [0.05, 0.1) is 23.6 Å². The minimum absolute atomic E-state index is 0.174. The van der Waals surface area contributed by atoms with Gasteiger partial charge >= 0.3 is 17.9 Å². The fourth-order valence-corrected chi connectivity index (χ4v) is 4.32. The molecule has 4 atom stereocenters. The number of carbonyl (C=O) groups is 5. The summed E-state index contributed by atoms with van der Waals surface area (Å²) in [5, 5.41) is 0. The van der Waals surface area contributed by atoms with E-state index >= 15 is 0 Å². The van der Waals surface area contributed by atoms with Gasteiger partial charge in [0.25, 0.3) is 6.29 Å². The number of ether oxygens (including phenoxy) is 4. The van der Waals surface area contributed by atoms with Crippen LogP contribution in [-0.4, -0.2) is 47.7 Å². The van der Waals surface area contributed by atoms with Crippen LogP contribution in [0.2, 0.25) is 0 Å². The van der Waals surface area contributed by atoms with Gasteiger partial charge in [-0.25, -0.2) is 4.90 Å². The normalized spacial score (nSPS) is 28.1. The molecular formula is C21H19NO9. The summed E-state index contributed by atoms with van der Waals surface area (Å²) in [6.45, 7) is 3.49. The van der Waals surface area contributed by atoms with E-state index in [2.05, 4.69) is 0 Å². The number of hydrogen-bond donors (Lipinski definition) is 0. The summed E-state index contributed by atoms with van der Waals surface area (Å²) in [6, 6.07) is 5.99. The lowest BCUT2D eigenvalue weighted by Crippen LogP contribution is -2.52. The first-order valence-electron chi connectivity index (χ1n) is 9.52. The minimum Gasteiger partial charge on any atom is -0.427 e. The van der Waals surface area contributed by atoms with Gasteiger partial charge in [0.15, 0.2) is 5.60 Å². The molecule has 4 rings (SSSR count). The van der Waals surface area contributed by atoms with Crippen molar-refractivity contribution < 1.29 is 42.9 Å². The fourth-order valence-electron chi connectivity index (χ4n) is 4.32. The maximum atomic E-state index is 13.4. The van der Waals surface area contributed by atoms with Crippen LogP contribution in [0.15, 0.2) is 36.4 Å². The summed E-state index contributed by atoms with van der Waals surface area (Å²) >= 11 is 0. The van der Waals surface area contributed by atoms with Gasteiger partial charge in [-0.3, -0.25) is 24.0 Å². The highest BCUT2D eigenvalue weighted by Crippen LogP contribution is 2.54. The van der Waals surface area contributed by atoms with E-state index in [0.29, 0.717) is 0 Å². The Labute approximate surface area is 176 Å². The molecule has 0 N–H and O–H groups in total. The molecule has 0 aromatic heterocycles. The Morgan fingerprint density at radius 2 is 1.71 bits per heavy atom. The lowest BCUT2D eigenvalue weighted by molar-refractivity contribution is -0.226. The Morgan fingerprint density at radius 3 is 2.32 bits per heavy atom. The third-order valence-corrected chi connectivity index (χ3v) is 5.33. The summed E-state index contributed by atoms with van der Waals surface area (Å²) in [7, 11) is 0. The van der Waals surface area contributed by atoms with Gasteiger partial charge in [-0.1, -0.05) is 12.1 Å². The SMILES string of the molecule is CC(=O)Oc1cccc(N2C(=O)[C@H]3[C@@H](C2=O)[C@@]2(C(OC(C)=O)OC(C)=O)C=C[C@H]3O2)c1. The molecule has 2 amide bonds. The Kier molecular flexibility index (Phi) is 4.89. The molecule has 1 aromatic rings. The maximum Gasteiger partial charge on any atom is 0.308 e. The average molecular weight is 429 g/mol. The third kappa shape index (κ3) is 3.28. The second-order valence-electron chi connectivity index (χ2n) is 7.45. The van der Waals surface area contributed by atoms with Gasteiger partial charge in [0.1, 0.15) is 5.75 Å². The van der Waals surface area contributed by atoms with Gasteiger partial charge in [0.2, 0.25) is 11.8 Å². The molecule has 2 bridgehead atoms. The van der Waals surface area contributed by atoms with Crippen molar-refractivity contribution in [3.63, 3.8) is 0 Å². The molecule has 10 heteroatoms. The number of nitrogens with zero attached hydrogens (tertiary/aromatic N) is 1. The Hall–Kier alpha value is -3.53. The van der Waals surface area contributed by atoms with Crippen LogP contribution < -0.4 is 9.64 Å². The van der Waals surface area contributed by atoms with Crippen molar-refractivity contribution in [1.29, 1.82) is 0 Å². The first-order valence-corrected chi connectivity index (χ1v) is 9.52. The molecule has 2 fully saturated rings. The van der Waals surface area contributed by atoms with Crippen LogP contribution in [0.1, 0.15) is 20.8 Å². The zero-order chi connectivity index (χ0) is 22.5. The second-order valence-corrected chi connectivity index (χ2v) is 7.45. The Balaban J connectivity index is 1.71. The Morgan fingerprint density at radius 1 is 1.03 bits per heavy atom. The number of imide groups is 1. The minimum atomic E-state index is -1.62. The molecule has 162 valence electrons. The van der Waals surface area contributed by atoms with Crippen molar-refractivity contribution in [1.82, 2.24) is 0 Å². The number of anilines is 1. The number of amides is 2. The van der Waals surface area contributed by atoms with Crippen LogP contribution in [0.3, 0.4) is 0 Å². The highest BCUT2D eigenvalue weighted by Gasteiger charge is 2.72. The van der Waals surface area contributed by atoms with Crippen LogP contribution in [0, 0.1) is 11.8 Å². The lowest BCUT2D eigenvalue weighted by atomic mass is 9.76. The zero-order valence-electron chi connectivity index (χ0n) is 16.9. The first kappa shape index (κ1) is 20.7. The predicted molar refractivity (Wildman–Crippen MR) is 101 cm³/mol. The van der Waals surface area contributed by atoms with Crippen molar-refractivity contribution in [2.24, 2.45) is 11.8 Å². The van der Waals surface area contributed by atoms with Crippen molar-refractivity contribution in [3.05, 3.63) is 36.4 Å². The number of benzene rings is 1. The van der Waals surface area contributed by atoms with Crippen LogP contribution in [-0.2, 0) is 38.2 Å². The van der Waals surface area contributed by atoms with Crippen molar-refractivity contribution in [3.8, 4) is 5.75 Å². The van der Waals surface area contributed by atoms with Gasteiger partial charge in [-0.2, -0.15) is 0 Å². The molecule has 10 nitrogen and oxygen atoms in total.